The summed E-state index contributed by atoms with van der Waals surface area (Å²) in [7, 11) is 0. The number of nitrogens with zero attached hydrogens (tertiary/aromatic N) is 2. The molecule has 1 heterocycles. The van der Waals surface area contributed by atoms with Crippen molar-refractivity contribution in [2.24, 2.45) is 0 Å². The molecule has 1 aliphatic rings. The molecule has 0 atom stereocenters. The van der Waals surface area contributed by atoms with Crippen molar-refractivity contribution in [3.8, 4) is 0 Å². The van der Waals surface area contributed by atoms with Crippen LogP contribution in [0.3, 0.4) is 0 Å². The standard InChI is InChI=1S/C6H12N2O.Re/c1-2-8-4-3-7-6(9)5-8;/h2-5H2,1H3,(H,7,9);/p-1. The Balaban J connectivity index is 0.000000810. The third-order valence-corrected chi connectivity index (χ3v) is 1.51. The van der Waals surface area contributed by atoms with Gasteiger partial charge in [-0.2, -0.15) is 0 Å². The largest absolute Gasteiger partial charge is 0.651 e. The number of likely N-dealkylation sites (N-methyl/N-ethyl adjacent to an activating group) is 1. The topological polar surface area (TPSA) is 34.4 Å². The van der Waals surface area contributed by atoms with E-state index in [0.717, 1.165) is 13.1 Å². The van der Waals surface area contributed by atoms with Crippen LogP contribution in [0.5, 0.6) is 0 Å². The zero-order chi connectivity index (χ0) is 6.69. The quantitative estimate of drug-likeness (QED) is 0.694. The van der Waals surface area contributed by atoms with Crippen molar-refractivity contribution in [2.75, 3.05) is 26.2 Å². The fourth-order valence-corrected chi connectivity index (χ4v) is 0.906. The number of carbonyl (C=O) groups is 1. The molecular formula is C6H11N2ORe-. The van der Waals surface area contributed by atoms with Gasteiger partial charge in [0.05, 0.1) is 5.91 Å². The van der Waals surface area contributed by atoms with E-state index in [4.69, 9.17) is 0 Å². The molecule has 0 aromatic heterocycles. The number of hydrogen-bond acceptors (Lipinski definition) is 2. The summed E-state index contributed by atoms with van der Waals surface area (Å²) in [6.07, 6.45) is 0. The maximum atomic E-state index is 10.6. The summed E-state index contributed by atoms with van der Waals surface area (Å²) in [5.41, 5.74) is 0. The van der Waals surface area contributed by atoms with Gasteiger partial charge in [-0.25, -0.2) is 0 Å². The molecule has 59 valence electrons. The van der Waals surface area contributed by atoms with Gasteiger partial charge >= 0.3 is 0 Å². The summed E-state index contributed by atoms with van der Waals surface area (Å²) in [6, 6.07) is 0. The van der Waals surface area contributed by atoms with Gasteiger partial charge in [0.15, 0.2) is 0 Å². The summed E-state index contributed by atoms with van der Waals surface area (Å²) < 4.78 is 0. The van der Waals surface area contributed by atoms with Crippen molar-refractivity contribution >= 4 is 5.91 Å². The van der Waals surface area contributed by atoms with Crippen LogP contribution in [0.25, 0.3) is 5.32 Å². The van der Waals surface area contributed by atoms with Crippen molar-refractivity contribution < 1.29 is 25.2 Å². The molecule has 0 bridgehead atoms. The molecule has 0 saturated carbocycles. The van der Waals surface area contributed by atoms with Gasteiger partial charge in [0.25, 0.3) is 0 Å². The summed E-state index contributed by atoms with van der Waals surface area (Å²) in [4.78, 5) is 12.7. The zero-order valence-electron chi connectivity index (χ0n) is 6.01. The smallest absolute Gasteiger partial charge is 0.0654 e. The molecule has 4 heteroatoms. The Hall–Kier alpha value is 0.0923. The summed E-state index contributed by atoms with van der Waals surface area (Å²) in [6.45, 7) is 5.17. The summed E-state index contributed by atoms with van der Waals surface area (Å²) in [5.74, 6) is 0.0306. The van der Waals surface area contributed by atoms with Crippen molar-refractivity contribution in [1.82, 2.24) is 4.90 Å². The second-order valence-electron chi connectivity index (χ2n) is 2.14. The fourth-order valence-electron chi connectivity index (χ4n) is 0.906. The Labute approximate surface area is 74.8 Å². The van der Waals surface area contributed by atoms with Crippen LogP contribution in [0, 0.1) is 0 Å². The maximum Gasteiger partial charge on any atom is 0.0654 e. The van der Waals surface area contributed by atoms with Crippen LogP contribution in [0.4, 0.5) is 0 Å². The summed E-state index contributed by atoms with van der Waals surface area (Å²) in [5, 5.41) is 3.75. The average Bonchev–Trinajstić information content (AvgIpc) is 1.88. The molecule has 0 spiro atoms. The summed E-state index contributed by atoms with van der Waals surface area (Å²) >= 11 is 0. The molecule has 1 radical (unpaired) electrons. The minimum atomic E-state index is 0. The van der Waals surface area contributed by atoms with Gasteiger partial charge in [-0.15, -0.1) is 6.54 Å². The molecule has 1 saturated heterocycles. The average molecular weight is 313 g/mol. The van der Waals surface area contributed by atoms with Crippen molar-refractivity contribution in [3.63, 3.8) is 0 Å². The molecule has 0 unspecified atom stereocenters. The zero-order valence-corrected chi connectivity index (χ0v) is 8.72. The molecule has 0 aromatic rings. The number of amides is 1. The first-order valence-corrected chi connectivity index (χ1v) is 3.25. The predicted octanol–water partition coefficient (Wildman–Crippen LogP) is 0.220. The third kappa shape index (κ3) is 2.78. The number of piperazine rings is 1. The van der Waals surface area contributed by atoms with E-state index in [1.54, 1.807) is 0 Å². The Kier molecular flexibility index (Phi) is 4.88. The van der Waals surface area contributed by atoms with E-state index < -0.39 is 0 Å². The molecule has 10 heavy (non-hydrogen) atoms. The van der Waals surface area contributed by atoms with E-state index in [-0.39, 0.29) is 26.3 Å². The van der Waals surface area contributed by atoms with Crippen molar-refractivity contribution in [2.45, 2.75) is 6.92 Å². The van der Waals surface area contributed by atoms with E-state index in [2.05, 4.69) is 17.1 Å². The van der Waals surface area contributed by atoms with E-state index in [1.165, 1.54) is 0 Å². The third-order valence-electron chi connectivity index (χ3n) is 1.51. The van der Waals surface area contributed by atoms with Crippen LogP contribution >= 0.6 is 0 Å². The minimum absolute atomic E-state index is 0. The Morgan fingerprint density at radius 3 is 2.80 bits per heavy atom. The Morgan fingerprint density at radius 1 is 1.70 bits per heavy atom. The predicted molar refractivity (Wildman–Crippen MR) is 35.3 cm³/mol. The molecule has 1 aliphatic heterocycles. The Bertz CT molecular complexity index is 118. The molecule has 0 N–H and O–H groups in total. The van der Waals surface area contributed by atoms with Crippen LogP contribution in [-0.4, -0.2) is 37.0 Å². The normalized spacial score (nSPS) is 19.5. The molecule has 1 amide bonds. The van der Waals surface area contributed by atoms with Gasteiger partial charge in [-0.1, -0.05) is 6.92 Å². The van der Waals surface area contributed by atoms with Crippen LogP contribution in [0.15, 0.2) is 0 Å². The second-order valence-corrected chi connectivity index (χ2v) is 2.14. The minimum Gasteiger partial charge on any atom is -0.651 e. The van der Waals surface area contributed by atoms with Gasteiger partial charge < -0.3 is 10.1 Å². The van der Waals surface area contributed by atoms with E-state index in [1.807, 2.05) is 0 Å². The molecule has 0 aromatic carbocycles. The van der Waals surface area contributed by atoms with Gasteiger partial charge in [0.2, 0.25) is 0 Å². The van der Waals surface area contributed by atoms with E-state index in [9.17, 15) is 4.79 Å². The van der Waals surface area contributed by atoms with Crippen LogP contribution < -0.4 is 0 Å². The second kappa shape index (κ2) is 4.84. The Morgan fingerprint density at radius 2 is 2.40 bits per heavy atom. The fraction of sp³-hybridized carbons (Fsp3) is 0.833. The molecule has 1 fully saturated rings. The molecule has 3 nitrogen and oxygen atoms in total. The number of rotatable bonds is 1. The number of carbonyl (C=O) groups excluding carboxylic acids is 1. The van der Waals surface area contributed by atoms with Crippen molar-refractivity contribution in [3.05, 3.63) is 5.32 Å². The van der Waals surface area contributed by atoms with Gasteiger partial charge in [0.1, 0.15) is 0 Å². The SMILES string of the molecule is CCN1CC[N-]C(=O)C1.[Re]. The first kappa shape index (κ1) is 10.1. The van der Waals surface area contributed by atoms with Crippen LogP contribution in [0.1, 0.15) is 6.92 Å². The van der Waals surface area contributed by atoms with Gasteiger partial charge in [0, 0.05) is 27.0 Å². The van der Waals surface area contributed by atoms with Crippen LogP contribution in [-0.2, 0) is 25.2 Å². The first-order valence-electron chi connectivity index (χ1n) is 3.25. The molecule has 0 aliphatic carbocycles. The van der Waals surface area contributed by atoms with Crippen LogP contribution in [0.2, 0.25) is 0 Å². The monoisotopic (exact) mass is 314 g/mol. The van der Waals surface area contributed by atoms with Crippen molar-refractivity contribution in [1.29, 1.82) is 0 Å². The van der Waals surface area contributed by atoms with E-state index in [0.29, 0.717) is 13.1 Å². The molecular weight excluding hydrogens is 302 g/mol. The van der Waals surface area contributed by atoms with Gasteiger partial charge in [-0.05, 0) is 13.1 Å². The van der Waals surface area contributed by atoms with E-state index >= 15 is 0 Å². The number of hydrogen-bond donors (Lipinski definition) is 0. The maximum absolute atomic E-state index is 10.6. The van der Waals surface area contributed by atoms with Gasteiger partial charge in [-0.3, -0.25) is 4.90 Å². The first-order chi connectivity index (χ1) is 4.33. The molecule has 1 rings (SSSR count).